The Labute approximate surface area is 137 Å². The van der Waals surface area contributed by atoms with Gasteiger partial charge in [0.1, 0.15) is 5.82 Å². The number of halogens is 1. The summed E-state index contributed by atoms with van der Waals surface area (Å²) in [6.45, 7) is 3.67. The lowest BCUT2D eigenvalue weighted by Gasteiger charge is -2.12. The number of aromatic nitrogens is 2. The molecule has 0 bridgehead atoms. The van der Waals surface area contributed by atoms with E-state index >= 15 is 0 Å². The highest BCUT2D eigenvalue weighted by Gasteiger charge is 2.17. The number of H-pyrrole nitrogens is 1. The SMILES string of the molecule is CCCc1cc(=O)[nH]c(S[C@@H](C)C(=O)Nc2ccccc2F)n1. The van der Waals surface area contributed by atoms with Crippen molar-refractivity contribution in [2.24, 2.45) is 0 Å². The largest absolute Gasteiger partial charge is 0.323 e. The zero-order valence-corrected chi connectivity index (χ0v) is 13.7. The van der Waals surface area contributed by atoms with Crippen molar-refractivity contribution in [2.75, 3.05) is 5.32 Å². The van der Waals surface area contributed by atoms with E-state index in [1.165, 1.54) is 18.2 Å². The van der Waals surface area contributed by atoms with E-state index in [9.17, 15) is 14.0 Å². The van der Waals surface area contributed by atoms with Crippen LogP contribution in [-0.4, -0.2) is 21.1 Å². The Hall–Kier alpha value is -2.15. The predicted octanol–water partition coefficient (Wildman–Crippen LogP) is 2.98. The number of nitrogens with zero attached hydrogens (tertiary/aromatic N) is 1. The van der Waals surface area contributed by atoms with Gasteiger partial charge in [-0.15, -0.1) is 0 Å². The monoisotopic (exact) mass is 335 g/mol. The molecule has 1 atom stereocenters. The van der Waals surface area contributed by atoms with Gasteiger partial charge in [0.2, 0.25) is 5.91 Å². The standard InChI is InChI=1S/C16H18FN3O2S/c1-3-6-11-9-14(21)20-16(18-11)23-10(2)15(22)19-13-8-5-4-7-12(13)17/h4-5,7-10H,3,6H2,1-2H3,(H,19,22)(H,18,20,21)/t10-/m0/s1. The molecular weight excluding hydrogens is 317 g/mol. The summed E-state index contributed by atoms with van der Waals surface area (Å²) in [5.74, 6) is -0.849. The summed E-state index contributed by atoms with van der Waals surface area (Å²) in [5, 5.41) is 2.38. The van der Waals surface area contributed by atoms with Gasteiger partial charge in [-0.2, -0.15) is 0 Å². The van der Waals surface area contributed by atoms with Crippen molar-refractivity contribution in [2.45, 2.75) is 37.1 Å². The smallest absolute Gasteiger partial charge is 0.251 e. The van der Waals surface area contributed by atoms with E-state index in [0.29, 0.717) is 17.3 Å². The molecule has 7 heteroatoms. The quantitative estimate of drug-likeness (QED) is 0.629. The molecule has 1 aromatic heterocycles. The van der Waals surface area contributed by atoms with E-state index < -0.39 is 11.1 Å². The fourth-order valence-electron chi connectivity index (χ4n) is 1.94. The lowest BCUT2D eigenvalue weighted by molar-refractivity contribution is -0.115. The Morgan fingerprint density at radius 1 is 1.43 bits per heavy atom. The first-order valence-corrected chi connectivity index (χ1v) is 8.20. The molecule has 0 aliphatic rings. The molecule has 0 unspecified atom stereocenters. The number of benzene rings is 1. The zero-order chi connectivity index (χ0) is 16.8. The topological polar surface area (TPSA) is 74.8 Å². The first-order valence-electron chi connectivity index (χ1n) is 7.32. The van der Waals surface area contributed by atoms with Gasteiger partial charge in [-0.1, -0.05) is 37.2 Å². The van der Waals surface area contributed by atoms with E-state index in [1.54, 1.807) is 19.1 Å². The summed E-state index contributed by atoms with van der Waals surface area (Å²) in [5.41, 5.74) is 0.583. The number of hydrogen-bond acceptors (Lipinski definition) is 4. The second-order valence-corrected chi connectivity index (χ2v) is 6.35. The van der Waals surface area contributed by atoms with Crippen molar-refractivity contribution in [3.63, 3.8) is 0 Å². The van der Waals surface area contributed by atoms with Crippen molar-refractivity contribution >= 4 is 23.4 Å². The Bertz CT molecular complexity index is 748. The van der Waals surface area contributed by atoms with Crippen LogP contribution in [-0.2, 0) is 11.2 Å². The maximum atomic E-state index is 13.5. The molecule has 122 valence electrons. The summed E-state index contributed by atoms with van der Waals surface area (Å²) in [6.07, 6.45) is 1.58. The average molecular weight is 335 g/mol. The van der Waals surface area contributed by atoms with Crippen molar-refractivity contribution in [1.82, 2.24) is 9.97 Å². The van der Waals surface area contributed by atoms with Crippen molar-refractivity contribution in [3.05, 3.63) is 52.2 Å². The van der Waals surface area contributed by atoms with E-state index in [2.05, 4.69) is 15.3 Å². The molecule has 0 saturated heterocycles. The second-order valence-electron chi connectivity index (χ2n) is 5.02. The number of rotatable bonds is 6. The maximum Gasteiger partial charge on any atom is 0.251 e. The minimum Gasteiger partial charge on any atom is -0.323 e. The number of carbonyl (C=O) groups excluding carboxylic acids is 1. The highest BCUT2D eigenvalue weighted by atomic mass is 32.2. The van der Waals surface area contributed by atoms with E-state index in [-0.39, 0.29) is 17.2 Å². The minimum atomic E-state index is -0.533. The summed E-state index contributed by atoms with van der Waals surface area (Å²) >= 11 is 1.13. The zero-order valence-electron chi connectivity index (χ0n) is 12.9. The van der Waals surface area contributed by atoms with Crippen LogP contribution in [0.2, 0.25) is 0 Å². The van der Waals surface area contributed by atoms with Crippen LogP contribution in [0.5, 0.6) is 0 Å². The molecule has 0 spiro atoms. The van der Waals surface area contributed by atoms with Gasteiger partial charge in [0.25, 0.3) is 5.56 Å². The summed E-state index contributed by atoms with van der Waals surface area (Å²) in [4.78, 5) is 30.7. The maximum absolute atomic E-state index is 13.5. The molecule has 1 amide bonds. The third kappa shape index (κ3) is 4.92. The van der Waals surface area contributed by atoms with Crippen molar-refractivity contribution in [1.29, 1.82) is 0 Å². The Balaban J connectivity index is 2.06. The first-order chi connectivity index (χ1) is 11.0. The second kappa shape index (κ2) is 7.92. The molecule has 0 saturated carbocycles. The highest BCUT2D eigenvalue weighted by Crippen LogP contribution is 2.21. The van der Waals surface area contributed by atoms with Crippen LogP contribution >= 0.6 is 11.8 Å². The van der Waals surface area contributed by atoms with Gasteiger partial charge in [-0.25, -0.2) is 9.37 Å². The number of aryl methyl sites for hydroxylation is 1. The minimum absolute atomic E-state index is 0.131. The Morgan fingerprint density at radius 3 is 2.87 bits per heavy atom. The van der Waals surface area contributed by atoms with Crippen molar-refractivity contribution < 1.29 is 9.18 Å². The molecule has 1 heterocycles. The Kier molecular flexibility index (Phi) is 5.92. The number of hydrogen-bond donors (Lipinski definition) is 2. The molecule has 23 heavy (non-hydrogen) atoms. The fourth-order valence-corrected chi connectivity index (χ4v) is 2.77. The van der Waals surface area contributed by atoms with Crippen LogP contribution in [0.15, 0.2) is 40.3 Å². The molecule has 1 aromatic carbocycles. The molecule has 2 rings (SSSR count). The molecule has 2 aromatic rings. The van der Waals surface area contributed by atoms with Crippen LogP contribution in [0.4, 0.5) is 10.1 Å². The third-order valence-corrected chi connectivity index (χ3v) is 4.05. The number of carbonyl (C=O) groups is 1. The van der Waals surface area contributed by atoms with E-state index in [4.69, 9.17) is 0 Å². The summed E-state index contributed by atoms with van der Waals surface area (Å²) < 4.78 is 13.5. The Morgan fingerprint density at radius 2 is 2.17 bits per heavy atom. The molecule has 5 nitrogen and oxygen atoms in total. The molecule has 0 radical (unpaired) electrons. The van der Waals surface area contributed by atoms with Gasteiger partial charge >= 0.3 is 0 Å². The lowest BCUT2D eigenvalue weighted by Crippen LogP contribution is -2.23. The van der Waals surface area contributed by atoms with E-state index in [1.807, 2.05) is 6.92 Å². The third-order valence-electron chi connectivity index (χ3n) is 3.07. The predicted molar refractivity (Wildman–Crippen MR) is 89.2 cm³/mol. The summed E-state index contributed by atoms with van der Waals surface area (Å²) in [6, 6.07) is 7.42. The van der Waals surface area contributed by atoms with Crippen LogP contribution in [0, 0.1) is 5.82 Å². The summed E-state index contributed by atoms with van der Waals surface area (Å²) in [7, 11) is 0. The number of amides is 1. The van der Waals surface area contributed by atoms with Gasteiger partial charge in [0.15, 0.2) is 5.16 Å². The van der Waals surface area contributed by atoms with Gasteiger partial charge in [0, 0.05) is 11.8 Å². The molecule has 0 aliphatic heterocycles. The van der Waals surface area contributed by atoms with Gasteiger partial charge in [0.05, 0.1) is 10.9 Å². The van der Waals surface area contributed by atoms with E-state index in [0.717, 1.165) is 18.2 Å². The number of aromatic amines is 1. The van der Waals surface area contributed by atoms with Gasteiger partial charge in [-0.05, 0) is 25.5 Å². The molecular formula is C16H18FN3O2S. The van der Waals surface area contributed by atoms with Crippen LogP contribution in [0.25, 0.3) is 0 Å². The first kappa shape index (κ1) is 17.2. The van der Waals surface area contributed by atoms with Crippen LogP contribution in [0.1, 0.15) is 26.0 Å². The van der Waals surface area contributed by atoms with Crippen LogP contribution < -0.4 is 10.9 Å². The number of nitrogens with one attached hydrogen (secondary N) is 2. The average Bonchev–Trinajstić information content (AvgIpc) is 2.49. The van der Waals surface area contributed by atoms with Crippen molar-refractivity contribution in [3.8, 4) is 0 Å². The fraction of sp³-hybridized carbons (Fsp3) is 0.312. The number of anilines is 1. The molecule has 0 fully saturated rings. The number of para-hydroxylation sites is 1. The van der Waals surface area contributed by atoms with Crippen LogP contribution in [0.3, 0.4) is 0 Å². The lowest BCUT2D eigenvalue weighted by atomic mass is 10.2. The number of thioether (sulfide) groups is 1. The molecule has 2 N–H and O–H groups in total. The highest BCUT2D eigenvalue weighted by molar-refractivity contribution is 8.00. The molecule has 0 aliphatic carbocycles. The van der Waals surface area contributed by atoms with Gasteiger partial charge in [-0.3, -0.25) is 9.59 Å². The normalized spacial score (nSPS) is 12.0. The van der Waals surface area contributed by atoms with Gasteiger partial charge < -0.3 is 10.3 Å².